The zero-order chi connectivity index (χ0) is 20.8. The van der Waals surface area contributed by atoms with Crippen molar-refractivity contribution in [2.45, 2.75) is 19.8 Å². The molecule has 0 atom stereocenters. The molecular weight excluding hydrogens is 380 g/mol. The summed E-state index contributed by atoms with van der Waals surface area (Å²) in [4.78, 5) is 14.7. The number of rotatable bonds is 8. The molecule has 0 aliphatic carbocycles. The molecule has 30 heavy (non-hydrogen) atoms. The van der Waals surface area contributed by atoms with Gasteiger partial charge in [-0.25, -0.2) is 5.84 Å². The van der Waals surface area contributed by atoms with Crippen LogP contribution in [0.25, 0.3) is 10.9 Å². The van der Waals surface area contributed by atoms with Gasteiger partial charge in [-0.15, -0.1) is 0 Å². The van der Waals surface area contributed by atoms with Gasteiger partial charge in [-0.2, -0.15) is 15.1 Å². The van der Waals surface area contributed by atoms with Crippen LogP contribution < -0.4 is 21.2 Å². The summed E-state index contributed by atoms with van der Waals surface area (Å²) >= 11 is 0. The molecule has 1 fully saturated rings. The van der Waals surface area contributed by atoms with E-state index in [9.17, 15) is 0 Å². The Morgan fingerprint density at radius 2 is 2.13 bits per heavy atom. The average Bonchev–Trinajstić information content (AvgIpc) is 3.21. The Labute approximate surface area is 175 Å². The maximum Gasteiger partial charge on any atom is 0.243 e. The Hall–Kier alpha value is -3.17. The predicted molar refractivity (Wildman–Crippen MR) is 121 cm³/mol. The molecule has 9 heteroatoms. The van der Waals surface area contributed by atoms with Crippen LogP contribution in [-0.2, 0) is 4.74 Å². The van der Waals surface area contributed by atoms with Gasteiger partial charge in [0.25, 0.3) is 0 Å². The zero-order valence-electron chi connectivity index (χ0n) is 17.2. The van der Waals surface area contributed by atoms with E-state index in [1.165, 1.54) is 0 Å². The number of hydrazone groups is 1. The maximum absolute atomic E-state index is 6.21. The summed E-state index contributed by atoms with van der Waals surface area (Å²) in [5.41, 5.74) is 5.12. The Kier molecular flexibility index (Phi) is 6.41. The SMILES string of the molecule is CCCCN(N)c1nc(NN=Cc2c[nH]c3ccccc23)cc(N2CCOCC2)n1. The molecule has 1 aliphatic rings. The highest BCUT2D eigenvalue weighted by molar-refractivity contribution is 5.99. The van der Waals surface area contributed by atoms with Crippen molar-refractivity contribution in [2.24, 2.45) is 10.9 Å². The molecule has 1 aromatic carbocycles. The van der Waals surface area contributed by atoms with Crippen molar-refractivity contribution in [2.75, 3.05) is 48.2 Å². The molecule has 3 aromatic rings. The molecule has 0 spiro atoms. The van der Waals surface area contributed by atoms with Gasteiger partial charge in [0.2, 0.25) is 5.95 Å². The molecule has 9 nitrogen and oxygen atoms in total. The number of hydrogen-bond acceptors (Lipinski definition) is 8. The highest BCUT2D eigenvalue weighted by atomic mass is 16.5. The van der Waals surface area contributed by atoms with Crippen LogP contribution in [0.4, 0.5) is 17.6 Å². The third-order valence-electron chi connectivity index (χ3n) is 5.05. The molecule has 2 aromatic heterocycles. The number of hydrazine groups is 1. The van der Waals surface area contributed by atoms with Gasteiger partial charge in [0.15, 0.2) is 5.82 Å². The zero-order valence-corrected chi connectivity index (χ0v) is 17.2. The van der Waals surface area contributed by atoms with E-state index in [0.29, 0.717) is 31.5 Å². The summed E-state index contributed by atoms with van der Waals surface area (Å²) in [7, 11) is 0. The van der Waals surface area contributed by atoms with Crippen molar-refractivity contribution < 1.29 is 4.74 Å². The molecule has 4 N–H and O–H groups in total. The summed E-state index contributed by atoms with van der Waals surface area (Å²) in [5.74, 6) is 8.12. The first-order valence-electron chi connectivity index (χ1n) is 10.3. The number of aromatic nitrogens is 3. The molecule has 0 radical (unpaired) electrons. The molecule has 0 bridgehead atoms. The second kappa shape index (κ2) is 9.55. The first kappa shape index (κ1) is 20.1. The van der Waals surface area contributed by atoms with E-state index in [2.05, 4.69) is 43.4 Å². The lowest BCUT2D eigenvalue weighted by molar-refractivity contribution is 0.122. The van der Waals surface area contributed by atoms with Crippen LogP contribution in [0.15, 0.2) is 41.6 Å². The second-order valence-corrected chi connectivity index (χ2v) is 7.22. The minimum Gasteiger partial charge on any atom is -0.378 e. The van der Waals surface area contributed by atoms with Crippen molar-refractivity contribution >= 4 is 34.7 Å². The number of anilines is 3. The number of nitrogens with one attached hydrogen (secondary N) is 2. The Morgan fingerprint density at radius 3 is 2.97 bits per heavy atom. The summed E-state index contributed by atoms with van der Waals surface area (Å²) in [6.07, 6.45) is 5.75. The summed E-state index contributed by atoms with van der Waals surface area (Å²) in [6.45, 7) is 5.76. The van der Waals surface area contributed by atoms with Crippen LogP contribution in [0, 0.1) is 0 Å². The van der Waals surface area contributed by atoms with Gasteiger partial charge in [-0.1, -0.05) is 31.5 Å². The second-order valence-electron chi connectivity index (χ2n) is 7.22. The number of fused-ring (bicyclic) bond motifs is 1. The normalized spacial score (nSPS) is 14.5. The summed E-state index contributed by atoms with van der Waals surface area (Å²) < 4.78 is 5.46. The third-order valence-corrected chi connectivity index (χ3v) is 5.05. The fourth-order valence-electron chi connectivity index (χ4n) is 3.36. The largest absolute Gasteiger partial charge is 0.378 e. The molecule has 0 saturated carbocycles. The van der Waals surface area contributed by atoms with Crippen molar-refractivity contribution in [1.82, 2.24) is 15.0 Å². The molecule has 3 heterocycles. The average molecular weight is 409 g/mol. The van der Waals surface area contributed by atoms with Crippen LogP contribution in [0.5, 0.6) is 0 Å². The van der Waals surface area contributed by atoms with E-state index in [4.69, 9.17) is 10.6 Å². The van der Waals surface area contributed by atoms with Crippen LogP contribution in [0.2, 0.25) is 0 Å². The highest BCUT2D eigenvalue weighted by Crippen LogP contribution is 2.21. The van der Waals surface area contributed by atoms with Gasteiger partial charge in [0.05, 0.1) is 19.4 Å². The standard InChI is InChI=1S/C21H28N8O/c1-2-3-8-29(22)21-25-19(13-20(26-21)28-9-11-30-12-10-28)27-24-15-16-14-23-18-7-5-4-6-17(16)18/h4-7,13-15,23H,2-3,8-12,22H2,1H3,(H,25,26,27). The number of benzene rings is 1. The predicted octanol–water partition coefficient (Wildman–Crippen LogP) is 2.72. The van der Waals surface area contributed by atoms with Crippen molar-refractivity contribution in [3.63, 3.8) is 0 Å². The van der Waals surface area contributed by atoms with Crippen molar-refractivity contribution in [3.05, 3.63) is 42.1 Å². The molecule has 0 unspecified atom stereocenters. The maximum atomic E-state index is 6.21. The fourth-order valence-corrected chi connectivity index (χ4v) is 3.36. The van der Waals surface area contributed by atoms with Crippen LogP contribution in [0.3, 0.4) is 0 Å². The number of aromatic amines is 1. The van der Waals surface area contributed by atoms with Gasteiger partial charge in [0, 0.05) is 48.4 Å². The quantitative estimate of drug-likeness (QED) is 0.299. The van der Waals surface area contributed by atoms with Gasteiger partial charge >= 0.3 is 0 Å². The van der Waals surface area contributed by atoms with Gasteiger partial charge in [-0.3, -0.25) is 10.4 Å². The van der Waals surface area contributed by atoms with E-state index >= 15 is 0 Å². The smallest absolute Gasteiger partial charge is 0.243 e. The molecule has 1 saturated heterocycles. The number of nitrogens with two attached hydrogens (primary N) is 1. The topological polar surface area (TPSA) is 108 Å². The number of H-pyrrole nitrogens is 1. The van der Waals surface area contributed by atoms with E-state index in [0.717, 1.165) is 48.2 Å². The number of morpholine rings is 1. The van der Waals surface area contributed by atoms with E-state index in [-0.39, 0.29) is 0 Å². The van der Waals surface area contributed by atoms with E-state index in [1.807, 2.05) is 30.5 Å². The van der Waals surface area contributed by atoms with Crippen LogP contribution >= 0.6 is 0 Å². The monoisotopic (exact) mass is 408 g/mol. The van der Waals surface area contributed by atoms with Crippen molar-refractivity contribution in [3.8, 4) is 0 Å². The Bertz CT molecular complexity index is 996. The number of nitrogens with zero attached hydrogens (tertiary/aromatic N) is 5. The molecular formula is C21H28N8O. The first-order chi connectivity index (χ1) is 14.7. The number of para-hydroxylation sites is 1. The van der Waals surface area contributed by atoms with Crippen molar-refractivity contribution in [1.29, 1.82) is 0 Å². The number of hydrogen-bond donors (Lipinski definition) is 3. The molecule has 0 amide bonds. The van der Waals surface area contributed by atoms with Crippen LogP contribution in [-0.4, -0.2) is 54.0 Å². The molecule has 1 aliphatic heterocycles. The molecule has 158 valence electrons. The minimum absolute atomic E-state index is 0.484. The Morgan fingerprint density at radius 1 is 1.30 bits per heavy atom. The van der Waals surface area contributed by atoms with Gasteiger partial charge in [0.1, 0.15) is 5.82 Å². The summed E-state index contributed by atoms with van der Waals surface area (Å²) in [6, 6.07) is 10.0. The van der Waals surface area contributed by atoms with E-state index < -0.39 is 0 Å². The fraction of sp³-hybridized carbons (Fsp3) is 0.381. The lowest BCUT2D eigenvalue weighted by Gasteiger charge is -2.29. The molecule has 4 rings (SSSR count). The van der Waals surface area contributed by atoms with Gasteiger partial charge in [-0.05, 0) is 12.5 Å². The number of unbranched alkanes of at least 4 members (excludes halogenated alkanes) is 1. The third kappa shape index (κ3) is 4.69. The highest BCUT2D eigenvalue weighted by Gasteiger charge is 2.16. The van der Waals surface area contributed by atoms with Gasteiger partial charge < -0.3 is 14.6 Å². The lowest BCUT2D eigenvalue weighted by Crippen LogP contribution is -2.38. The van der Waals surface area contributed by atoms with E-state index in [1.54, 1.807) is 11.2 Å². The first-order valence-corrected chi connectivity index (χ1v) is 10.3. The Balaban J connectivity index is 1.55. The lowest BCUT2D eigenvalue weighted by atomic mass is 10.2. The van der Waals surface area contributed by atoms with Crippen LogP contribution in [0.1, 0.15) is 25.3 Å². The number of ether oxygens (including phenoxy) is 1. The minimum atomic E-state index is 0.484. The summed E-state index contributed by atoms with van der Waals surface area (Å²) in [5, 5.41) is 7.11.